The van der Waals surface area contributed by atoms with Gasteiger partial charge in [0.05, 0.1) is 6.04 Å². The summed E-state index contributed by atoms with van der Waals surface area (Å²) in [5.74, 6) is 1.95. The minimum Gasteiger partial charge on any atom is -0.484 e. The lowest BCUT2D eigenvalue weighted by atomic mass is 9.96. The highest BCUT2D eigenvalue weighted by Gasteiger charge is 2.28. The number of ether oxygens (including phenoxy) is 3. The van der Waals surface area contributed by atoms with E-state index in [9.17, 15) is 4.79 Å². The van der Waals surface area contributed by atoms with Gasteiger partial charge in [0.25, 0.3) is 5.91 Å². The number of aromatic nitrogens is 1. The number of fused-ring (bicyclic) bond motifs is 1. The lowest BCUT2D eigenvalue weighted by Crippen LogP contribution is -2.41. The van der Waals surface area contributed by atoms with Gasteiger partial charge in [-0.3, -0.25) is 9.78 Å². The number of likely N-dealkylation sites (tertiary alicyclic amines) is 1. The first kappa shape index (κ1) is 15.7. The molecule has 4 rings (SSSR count). The highest BCUT2D eigenvalue weighted by molar-refractivity contribution is 5.78. The zero-order valence-electron chi connectivity index (χ0n) is 13.9. The fourth-order valence-electron chi connectivity index (χ4n) is 3.34. The maximum absolute atomic E-state index is 12.7. The summed E-state index contributed by atoms with van der Waals surface area (Å²) in [6.07, 6.45) is 6.69. The van der Waals surface area contributed by atoms with E-state index in [1.54, 1.807) is 24.4 Å². The first-order chi connectivity index (χ1) is 12.3. The molecule has 1 atom stereocenters. The van der Waals surface area contributed by atoms with Crippen molar-refractivity contribution in [3.8, 4) is 17.2 Å². The number of hydrogen-bond acceptors (Lipinski definition) is 5. The Labute approximate surface area is 146 Å². The van der Waals surface area contributed by atoms with E-state index >= 15 is 0 Å². The van der Waals surface area contributed by atoms with Gasteiger partial charge in [0.2, 0.25) is 6.79 Å². The number of rotatable bonds is 4. The van der Waals surface area contributed by atoms with E-state index in [4.69, 9.17) is 14.2 Å². The second kappa shape index (κ2) is 7.01. The maximum Gasteiger partial charge on any atom is 0.261 e. The molecule has 0 unspecified atom stereocenters. The normalized spacial score (nSPS) is 18.9. The largest absolute Gasteiger partial charge is 0.484 e. The number of carbonyl (C=O) groups is 1. The van der Waals surface area contributed by atoms with Crippen LogP contribution in [0.3, 0.4) is 0 Å². The summed E-state index contributed by atoms with van der Waals surface area (Å²) in [4.78, 5) is 18.8. The van der Waals surface area contributed by atoms with Gasteiger partial charge in [-0.05, 0) is 43.0 Å². The molecule has 1 amide bonds. The van der Waals surface area contributed by atoms with Crippen molar-refractivity contribution in [1.29, 1.82) is 0 Å². The maximum atomic E-state index is 12.7. The third-order valence-electron chi connectivity index (χ3n) is 4.60. The van der Waals surface area contributed by atoms with E-state index in [-0.39, 0.29) is 25.3 Å². The molecule has 130 valence electrons. The molecule has 1 aromatic carbocycles. The Kier molecular flexibility index (Phi) is 4.41. The third-order valence-corrected chi connectivity index (χ3v) is 4.60. The van der Waals surface area contributed by atoms with Gasteiger partial charge in [-0.15, -0.1) is 0 Å². The Morgan fingerprint density at radius 3 is 3.04 bits per heavy atom. The van der Waals surface area contributed by atoms with Crippen LogP contribution in [0, 0.1) is 0 Å². The minimum atomic E-state index is -0.00813. The number of benzene rings is 1. The molecule has 2 aliphatic rings. The highest BCUT2D eigenvalue weighted by atomic mass is 16.7. The van der Waals surface area contributed by atoms with Crippen LogP contribution < -0.4 is 14.2 Å². The van der Waals surface area contributed by atoms with Gasteiger partial charge in [0.15, 0.2) is 18.1 Å². The van der Waals surface area contributed by atoms with Crippen LogP contribution >= 0.6 is 0 Å². The molecule has 2 aromatic rings. The summed E-state index contributed by atoms with van der Waals surface area (Å²) in [6.45, 7) is 0.984. The van der Waals surface area contributed by atoms with Gasteiger partial charge >= 0.3 is 0 Å². The molecule has 1 fully saturated rings. The molecule has 0 N–H and O–H groups in total. The van der Waals surface area contributed by atoms with E-state index in [0.717, 1.165) is 31.4 Å². The monoisotopic (exact) mass is 340 g/mol. The molecule has 1 aromatic heterocycles. The molecule has 25 heavy (non-hydrogen) atoms. The molecule has 3 heterocycles. The quantitative estimate of drug-likeness (QED) is 0.856. The molecule has 2 aliphatic heterocycles. The smallest absolute Gasteiger partial charge is 0.261 e. The third kappa shape index (κ3) is 3.38. The van der Waals surface area contributed by atoms with E-state index in [0.29, 0.717) is 17.2 Å². The number of pyridine rings is 1. The highest BCUT2D eigenvalue weighted by Crippen LogP contribution is 2.35. The predicted molar refractivity (Wildman–Crippen MR) is 90.6 cm³/mol. The summed E-state index contributed by atoms with van der Waals surface area (Å²) in [7, 11) is 0. The summed E-state index contributed by atoms with van der Waals surface area (Å²) in [5.41, 5.74) is 1.08. The summed E-state index contributed by atoms with van der Waals surface area (Å²) in [6, 6.07) is 9.36. The summed E-state index contributed by atoms with van der Waals surface area (Å²) >= 11 is 0. The average Bonchev–Trinajstić information content (AvgIpc) is 3.14. The molecular formula is C19H20N2O4. The van der Waals surface area contributed by atoms with Gasteiger partial charge < -0.3 is 19.1 Å². The van der Waals surface area contributed by atoms with Crippen molar-refractivity contribution in [3.05, 3.63) is 48.3 Å². The van der Waals surface area contributed by atoms with Crippen LogP contribution in [0.4, 0.5) is 0 Å². The molecule has 0 aliphatic carbocycles. The first-order valence-electron chi connectivity index (χ1n) is 8.53. The SMILES string of the molecule is O=C(COc1ccc2c(c1)OCO2)N1CCCC[C@H]1c1cccnc1. The zero-order valence-corrected chi connectivity index (χ0v) is 13.9. The molecule has 1 saturated heterocycles. The van der Waals surface area contributed by atoms with Gasteiger partial charge in [0, 0.05) is 25.0 Å². The number of piperidine rings is 1. The van der Waals surface area contributed by atoms with Crippen molar-refractivity contribution in [1.82, 2.24) is 9.88 Å². The van der Waals surface area contributed by atoms with Crippen molar-refractivity contribution in [3.63, 3.8) is 0 Å². The van der Waals surface area contributed by atoms with Gasteiger partial charge in [-0.2, -0.15) is 0 Å². The number of hydrogen-bond donors (Lipinski definition) is 0. The Morgan fingerprint density at radius 1 is 1.24 bits per heavy atom. The van der Waals surface area contributed by atoms with Gasteiger partial charge in [-0.25, -0.2) is 0 Å². The van der Waals surface area contributed by atoms with Crippen molar-refractivity contribution in [2.75, 3.05) is 19.9 Å². The van der Waals surface area contributed by atoms with Crippen molar-refractivity contribution in [2.24, 2.45) is 0 Å². The fraction of sp³-hybridized carbons (Fsp3) is 0.368. The summed E-state index contributed by atoms with van der Waals surface area (Å²) < 4.78 is 16.3. The standard InChI is InChI=1S/C19H20N2O4/c22-19(12-23-15-6-7-17-18(10-15)25-13-24-17)21-9-2-1-5-16(21)14-4-3-8-20-11-14/h3-4,6-8,10-11,16H,1-2,5,9,12-13H2/t16-/m0/s1. The molecule has 0 spiro atoms. The van der Waals surface area contributed by atoms with Crippen molar-refractivity contribution >= 4 is 5.91 Å². The van der Waals surface area contributed by atoms with Gasteiger partial charge in [0.1, 0.15) is 5.75 Å². The van der Waals surface area contributed by atoms with E-state index < -0.39 is 0 Å². The molecule has 6 heteroatoms. The Balaban J connectivity index is 1.42. The lowest BCUT2D eigenvalue weighted by Gasteiger charge is -2.35. The van der Waals surface area contributed by atoms with Crippen molar-refractivity contribution in [2.45, 2.75) is 25.3 Å². The fourth-order valence-corrected chi connectivity index (χ4v) is 3.34. The molecule has 0 radical (unpaired) electrons. The lowest BCUT2D eigenvalue weighted by molar-refractivity contribution is -0.137. The minimum absolute atomic E-state index is 0.00813. The van der Waals surface area contributed by atoms with E-state index in [2.05, 4.69) is 4.98 Å². The van der Waals surface area contributed by atoms with E-state index in [1.807, 2.05) is 23.2 Å². The Bertz CT molecular complexity index is 750. The van der Waals surface area contributed by atoms with Crippen LogP contribution in [-0.2, 0) is 4.79 Å². The van der Waals surface area contributed by atoms with Crippen LogP contribution in [0.5, 0.6) is 17.2 Å². The van der Waals surface area contributed by atoms with Crippen LogP contribution in [-0.4, -0.2) is 35.7 Å². The molecule has 6 nitrogen and oxygen atoms in total. The summed E-state index contributed by atoms with van der Waals surface area (Å²) in [5, 5.41) is 0. The Morgan fingerprint density at radius 2 is 2.16 bits per heavy atom. The van der Waals surface area contributed by atoms with E-state index in [1.165, 1.54) is 0 Å². The molecule has 0 saturated carbocycles. The number of carbonyl (C=O) groups excluding carboxylic acids is 1. The Hall–Kier alpha value is -2.76. The molecule has 0 bridgehead atoms. The predicted octanol–water partition coefficient (Wildman–Crippen LogP) is 2.94. The zero-order chi connectivity index (χ0) is 17.1. The van der Waals surface area contributed by atoms with Gasteiger partial charge in [-0.1, -0.05) is 6.07 Å². The number of amides is 1. The topological polar surface area (TPSA) is 60.9 Å². The van der Waals surface area contributed by atoms with Crippen LogP contribution in [0.1, 0.15) is 30.9 Å². The van der Waals surface area contributed by atoms with Crippen LogP contribution in [0.25, 0.3) is 0 Å². The second-order valence-electron chi connectivity index (χ2n) is 6.19. The number of nitrogens with zero attached hydrogens (tertiary/aromatic N) is 2. The second-order valence-corrected chi connectivity index (χ2v) is 6.19. The first-order valence-corrected chi connectivity index (χ1v) is 8.53. The van der Waals surface area contributed by atoms with Crippen molar-refractivity contribution < 1.29 is 19.0 Å². The molecular weight excluding hydrogens is 320 g/mol. The van der Waals surface area contributed by atoms with Crippen LogP contribution in [0.15, 0.2) is 42.7 Å². The average molecular weight is 340 g/mol. The van der Waals surface area contributed by atoms with Crippen LogP contribution in [0.2, 0.25) is 0 Å².